The zero-order valence-electron chi connectivity index (χ0n) is 7.60. The number of benzene rings is 2. The first-order chi connectivity index (χ1) is 6.90. The van der Waals surface area contributed by atoms with Gasteiger partial charge in [0, 0.05) is 4.90 Å². The molecule has 0 N–H and O–H groups in total. The van der Waals surface area contributed by atoms with Gasteiger partial charge in [0.2, 0.25) is 0 Å². The molecule has 0 fully saturated rings. The second kappa shape index (κ2) is 4.17. The Morgan fingerprint density at radius 3 is 2.64 bits per heavy atom. The minimum Gasteiger partial charge on any atom is -0.197 e. The summed E-state index contributed by atoms with van der Waals surface area (Å²) in [4.78, 5) is 1.16. The molecule has 0 amide bonds. The third kappa shape index (κ3) is 1.89. The Kier molecular flexibility index (Phi) is 2.71. The van der Waals surface area contributed by atoms with E-state index in [2.05, 4.69) is 36.4 Å². The maximum Gasteiger partial charge on any atom is 0.0855 e. The topological polar surface area (TPSA) is 23.8 Å². The molecule has 0 heterocycles. The highest BCUT2D eigenvalue weighted by molar-refractivity contribution is 7.99. The van der Waals surface area contributed by atoms with Crippen LogP contribution in [0.4, 0.5) is 0 Å². The zero-order chi connectivity index (χ0) is 9.80. The van der Waals surface area contributed by atoms with Crippen molar-refractivity contribution in [1.82, 2.24) is 0 Å². The summed E-state index contributed by atoms with van der Waals surface area (Å²) in [7, 11) is 0. The average Bonchev–Trinajstić information content (AvgIpc) is 2.26. The van der Waals surface area contributed by atoms with Gasteiger partial charge < -0.3 is 0 Å². The van der Waals surface area contributed by atoms with Crippen LogP contribution in [0.25, 0.3) is 10.8 Å². The number of hydrogen-bond acceptors (Lipinski definition) is 2. The van der Waals surface area contributed by atoms with Gasteiger partial charge in [-0.1, -0.05) is 30.3 Å². The molecule has 68 valence electrons. The average molecular weight is 199 g/mol. The van der Waals surface area contributed by atoms with Gasteiger partial charge in [-0.3, -0.25) is 0 Å². The highest BCUT2D eigenvalue weighted by Crippen LogP contribution is 2.22. The Morgan fingerprint density at radius 1 is 1.07 bits per heavy atom. The Morgan fingerprint density at radius 2 is 1.86 bits per heavy atom. The van der Waals surface area contributed by atoms with E-state index in [0.29, 0.717) is 5.75 Å². The van der Waals surface area contributed by atoms with E-state index in [4.69, 9.17) is 5.26 Å². The molecule has 0 spiro atoms. The van der Waals surface area contributed by atoms with Gasteiger partial charge in [-0.05, 0) is 22.9 Å². The quantitative estimate of drug-likeness (QED) is 0.692. The van der Waals surface area contributed by atoms with E-state index < -0.39 is 0 Å². The molecular weight excluding hydrogens is 190 g/mol. The van der Waals surface area contributed by atoms with Crippen molar-refractivity contribution >= 4 is 22.5 Å². The fraction of sp³-hybridized carbons (Fsp3) is 0.0833. The summed E-state index contributed by atoms with van der Waals surface area (Å²) in [5.74, 6) is 0.512. The first-order valence-electron chi connectivity index (χ1n) is 4.39. The monoisotopic (exact) mass is 199 g/mol. The Bertz CT molecular complexity index is 485. The van der Waals surface area contributed by atoms with Crippen LogP contribution in [0.3, 0.4) is 0 Å². The van der Waals surface area contributed by atoms with Crippen LogP contribution in [0, 0.1) is 11.3 Å². The molecule has 2 aromatic carbocycles. The summed E-state index contributed by atoms with van der Waals surface area (Å²) in [6, 6.07) is 16.6. The third-order valence-electron chi connectivity index (χ3n) is 2.02. The van der Waals surface area contributed by atoms with Crippen LogP contribution in [0.15, 0.2) is 47.4 Å². The van der Waals surface area contributed by atoms with Crippen molar-refractivity contribution in [3.8, 4) is 6.07 Å². The molecule has 0 saturated heterocycles. The van der Waals surface area contributed by atoms with Gasteiger partial charge in [-0.2, -0.15) is 5.26 Å². The zero-order valence-corrected chi connectivity index (χ0v) is 8.42. The fourth-order valence-corrected chi connectivity index (χ4v) is 1.98. The number of nitrogens with zero attached hydrogens (tertiary/aromatic N) is 1. The van der Waals surface area contributed by atoms with Crippen LogP contribution < -0.4 is 0 Å². The van der Waals surface area contributed by atoms with Gasteiger partial charge in [-0.25, -0.2) is 0 Å². The largest absolute Gasteiger partial charge is 0.197 e. The molecular formula is C12H9NS. The Balaban J connectivity index is 2.37. The van der Waals surface area contributed by atoms with Crippen molar-refractivity contribution in [3.05, 3.63) is 42.5 Å². The van der Waals surface area contributed by atoms with Crippen LogP contribution in [0.5, 0.6) is 0 Å². The maximum atomic E-state index is 8.47. The summed E-state index contributed by atoms with van der Waals surface area (Å²) in [5, 5.41) is 10.9. The van der Waals surface area contributed by atoms with Crippen LogP contribution >= 0.6 is 11.8 Å². The number of fused-ring (bicyclic) bond motifs is 1. The van der Waals surface area contributed by atoms with Gasteiger partial charge in [0.1, 0.15) is 0 Å². The van der Waals surface area contributed by atoms with E-state index >= 15 is 0 Å². The highest BCUT2D eigenvalue weighted by atomic mass is 32.2. The highest BCUT2D eigenvalue weighted by Gasteiger charge is 1.95. The first-order valence-corrected chi connectivity index (χ1v) is 5.37. The van der Waals surface area contributed by atoms with Crippen molar-refractivity contribution in [2.75, 3.05) is 5.75 Å². The van der Waals surface area contributed by atoms with Crippen LogP contribution in [0.1, 0.15) is 0 Å². The maximum absolute atomic E-state index is 8.47. The van der Waals surface area contributed by atoms with Crippen LogP contribution in [0.2, 0.25) is 0 Å². The van der Waals surface area contributed by atoms with E-state index in [1.807, 2.05) is 12.1 Å². The summed E-state index contributed by atoms with van der Waals surface area (Å²) in [6.07, 6.45) is 0. The molecule has 2 heteroatoms. The van der Waals surface area contributed by atoms with Crippen molar-refractivity contribution < 1.29 is 0 Å². The third-order valence-corrected chi connectivity index (χ3v) is 2.89. The first kappa shape index (κ1) is 9.11. The van der Waals surface area contributed by atoms with Gasteiger partial charge in [0.15, 0.2) is 0 Å². The summed E-state index contributed by atoms with van der Waals surface area (Å²) in [6.45, 7) is 0. The molecule has 0 aliphatic rings. The molecule has 0 radical (unpaired) electrons. The predicted molar refractivity (Wildman–Crippen MR) is 60.3 cm³/mol. The lowest BCUT2D eigenvalue weighted by Gasteiger charge is -2.00. The van der Waals surface area contributed by atoms with E-state index in [0.717, 1.165) is 4.90 Å². The predicted octanol–water partition coefficient (Wildman–Crippen LogP) is 3.46. The summed E-state index contributed by atoms with van der Waals surface area (Å²) >= 11 is 1.57. The smallest absolute Gasteiger partial charge is 0.0855 e. The Hall–Kier alpha value is -1.46. The van der Waals surface area contributed by atoms with E-state index in [9.17, 15) is 0 Å². The van der Waals surface area contributed by atoms with E-state index in [1.165, 1.54) is 10.8 Å². The van der Waals surface area contributed by atoms with E-state index in [1.54, 1.807) is 11.8 Å². The second-order valence-electron chi connectivity index (χ2n) is 2.96. The lowest BCUT2D eigenvalue weighted by molar-refractivity contribution is 1.47. The number of thioether (sulfide) groups is 1. The molecule has 0 bridgehead atoms. The van der Waals surface area contributed by atoms with Crippen LogP contribution in [-0.2, 0) is 0 Å². The number of hydrogen-bond donors (Lipinski definition) is 0. The lowest BCUT2D eigenvalue weighted by Crippen LogP contribution is -1.76. The summed E-state index contributed by atoms with van der Waals surface area (Å²) in [5.41, 5.74) is 0. The molecule has 0 aromatic heterocycles. The Labute approximate surface area is 87.4 Å². The molecule has 2 aromatic rings. The second-order valence-corrected chi connectivity index (χ2v) is 4.00. The molecule has 14 heavy (non-hydrogen) atoms. The molecule has 0 saturated carbocycles. The molecule has 1 nitrogen and oxygen atoms in total. The van der Waals surface area contributed by atoms with Crippen molar-refractivity contribution in [2.24, 2.45) is 0 Å². The van der Waals surface area contributed by atoms with Crippen molar-refractivity contribution in [1.29, 1.82) is 5.26 Å². The molecule has 0 unspecified atom stereocenters. The van der Waals surface area contributed by atoms with Gasteiger partial charge in [0.05, 0.1) is 11.8 Å². The summed E-state index contributed by atoms with van der Waals surface area (Å²) < 4.78 is 0. The van der Waals surface area contributed by atoms with Crippen LogP contribution in [-0.4, -0.2) is 5.75 Å². The minimum atomic E-state index is 0.512. The molecule has 0 atom stereocenters. The van der Waals surface area contributed by atoms with Crippen molar-refractivity contribution in [2.45, 2.75) is 4.90 Å². The van der Waals surface area contributed by atoms with Gasteiger partial charge in [-0.15, -0.1) is 11.8 Å². The fourth-order valence-electron chi connectivity index (χ4n) is 1.37. The van der Waals surface area contributed by atoms with Gasteiger partial charge >= 0.3 is 0 Å². The van der Waals surface area contributed by atoms with Crippen molar-refractivity contribution in [3.63, 3.8) is 0 Å². The van der Waals surface area contributed by atoms with E-state index in [-0.39, 0.29) is 0 Å². The minimum absolute atomic E-state index is 0.512. The standard InChI is InChI=1S/C12H9NS/c13-7-8-14-12-6-5-10-3-1-2-4-11(10)9-12/h1-6,9H,8H2. The van der Waals surface area contributed by atoms with Gasteiger partial charge in [0.25, 0.3) is 0 Å². The molecule has 2 rings (SSSR count). The molecule has 0 aliphatic carbocycles. The SMILES string of the molecule is N#CCSc1ccc2ccccc2c1. The molecule has 0 aliphatic heterocycles. The number of nitriles is 1. The lowest BCUT2D eigenvalue weighted by atomic mass is 10.1. The number of rotatable bonds is 2. The normalized spacial score (nSPS) is 9.93.